The summed E-state index contributed by atoms with van der Waals surface area (Å²) in [4.78, 5) is 0. The van der Waals surface area contributed by atoms with Crippen LogP contribution in [0.4, 0.5) is 0 Å². The lowest BCUT2D eigenvalue weighted by atomic mass is 10.1. The molecule has 0 spiro atoms. The van der Waals surface area contributed by atoms with Gasteiger partial charge in [0.05, 0.1) is 10.0 Å². The topological polar surface area (TPSA) is 33.6 Å². The lowest BCUT2D eigenvalue weighted by Gasteiger charge is -2.05. The summed E-state index contributed by atoms with van der Waals surface area (Å²) in [5.74, 6) is 0.959. The molecule has 0 bridgehead atoms. The zero-order valence-electron chi connectivity index (χ0n) is 9.49. The van der Waals surface area contributed by atoms with Gasteiger partial charge in [0, 0.05) is 12.5 Å². The van der Waals surface area contributed by atoms with Gasteiger partial charge in [0.25, 0.3) is 0 Å². The Bertz CT molecular complexity index is 643. The largest absolute Gasteiger partial charge is 0.301 e. The minimum Gasteiger partial charge on any atom is -0.301 e. The molecule has 1 aromatic carbocycles. The number of H-pyrrole nitrogens is 1. The molecule has 3 nitrogen and oxygen atoms in total. The van der Waals surface area contributed by atoms with Crippen LogP contribution in [0.3, 0.4) is 0 Å². The predicted molar refractivity (Wildman–Crippen MR) is 75.0 cm³/mol. The second-order valence-electron chi connectivity index (χ2n) is 4.47. The molecule has 94 valence electrons. The van der Waals surface area contributed by atoms with E-state index < -0.39 is 0 Å². The predicted octanol–water partition coefficient (Wildman–Crippen LogP) is 4.17. The quantitative estimate of drug-likeness (QED) is 0.863. The Hall–Kier alpha value is -0.840. The molecule has 1 aliphatic carbocycles. The van der Waals surface area contributed by atoms with Crippen molar-refractivity contribution in [2.24, 2.45) is 0 Å². The average molecular weight is 300 g/mol. The summed E-state index contributed by atoms with van der Waals surface area (Å²) in [6.45, 7) is 0. The van der Waals surface area contributed by atoms with E-state index in [1.165, 1.54) is 12.8 Å². The first kappa shape index (κ1) is 12.2. The summed E-state index contributed by atoms with van der Waals surface area (Å²) in [5, 5.41) is 8.30. The van der Waals surface area contributed by atoms with Crippen molar-refractivity contribution in [3.63, 3.8) is 0 Å². The number of nitrogens with one attached hydrogen (secondary N) is 1. The maximum absolute atomic E-state index is 6.01. The Morgan fingerprint density at radius 1 is 1.33 bits per heavy atom. The zero-order valence-corrected chi connectivity index (χ0v) is 11.8. The van der Waals surface area contributed by atoms with Gasteiger partial charge in [0.1, 0.15) is 5.82 Å². The van der Waals surface area contributed by atoms with Crippen LogP contribution < -0.4 is 0 Å². The number of hydrogen-bond acceptors (Lipinski definition) is 2. The second kappa shape index (κ2) is 4.68. The van der Waals surface area contributed by atoms with Crippen molar-refractivity contribution < 1.29 is 0 Å². The van der Waals surface area contributed by atoms with Crippen LogP contribution in [-0.2, 0) is 6.42 Å². The Morgan fingerprint density at radius 3 is 2.78 bits per heavy atom. The molecule has 1 fully saturated rings. The first-order valence-electron chi connectivity index (χ1n) is 5.75. The van der Waals surface area contributed by atoms with E-state index in [4.69, 9.17) is 35.4 Å². The third kappa shape index (κ3) is 2.32. The Morgan fingerprint density at radius 2 is 2.11 bits per heavy atom. The lowest BCUT2D eigenvalue weighted by Crippen LogP contribution is -2.02. The molecule has 1 saturated carbocycles. The van der Waals surface area contributed by atoms with Crippen LogP contribution in [-0.4, -0.2) is 14.8 Å². The van der Waals surface area contributed by atoms with Crippen molar-refractivity contribution in [1.82, 2.24) is 14.8 Å². The van der Waals surface area contributed by atoms with Gasteiger partial charge in [0.15, 0.2) is 4.77 Å². The molecule has 6 heteroatoms. The summed E-state index contributed by atoms with van der Waals surface area (Å²) in [7, 11) is 0. The lowest BCUT2D eigenvalue weighted by molar-refractivity contribution is 0.686. The van der Waals surface area contributed by atoms with Gasteiger partial charge < -0.3 is 4.57 Å². The van der Waals surface area contributed by atoms with E-state index >= 15 is 0 Å². The minimum atomic E-state index is 0.522. The van der Waals surface area contributed by atoms with Gasteiger partial charge in [-0.3, -0.25) is 5.10 Å². The van der Waals surface area contributed by atoms with Crippen LogP contribution in [0.25, 0.3) is 0 Å². The van der Waals surface area contributed by atoms with Gasteiger partial charge in [-0.2, -0.15) is 5.10 Å². The van der Waals surface area contributed by atoms with Crippen LogP contribution in [0.5, 0.6) is 0 Å². The monoisotopic (exact) mass is 299 g/mol. The molecule has 0 amide bonds. The second-order valence-corrected chi connectivity index (χ2v) is 5.67. The van der Waals surface area contributed by atoms with Crippen molar-refractivity contribution >= 4 is 35.4 Å². The number of nitrogens with zero attached hydrogens (tertiary/aromatic N) is 2. The van der Waals surface area contributed by atoms with E-state index in [0.29, 0.717) is 27.3 Å². The van der Waals surface area contributed by atoms with E-state index in [1.54, 1.807) is 0 Å². The zero-order chi connectivity index (χ0) is 12.7. The number of rotatable bonds is 3. The number of benzene rings is 1. The highest BCUT2D eigenvalue weighted by Crippen LogP contribution is 2.36. The highest BCUT2D eigenvalue weighted by molar-refractivity contribution is 7.71. The number of hydrogen-bond donors (Lipinski definition) is 1. The number of aromatic amines is 1. The highest BCUT2D eigenvalue weighted by atomic mass is 35.5. The van der Waals surface area contributed by atoms with Crippen LogP contribution in [0.2, 0.25) is 10.0 Å². The fourth-order valence-corrected chi connectivity index (χ4v) is 2.62. The van der Waals surface area contributed by atoms with Crippen LogP contribution in [0.1, 0.15) is 30.3 Å². The molecule has 0 saturated heterocycles. The standard InChI is InChI=1S/C12H11Cl2N3S/c13-9-4-1-7(5-10(9)14)6-11-15-16-12(18)17(11)8-2-3-8/h1,4-5,8H,2-3,6H2,(H,16,18). The molecule has 3 rings (SSSR count). The third-order valence-corrected chi connectivity index (χ3v) is 4.06. The minimum absolute atomic E-state index is 0.522. The van der Waals surface area contributed by atoms with Crippen molar-refractivity contribution in [2.75, 3.05) is 0 Å². The number of halogens is 2. The normalized spacial score (nSPS) is 15.0. The molecule has 0 atom stereocenters. The molecule has 1 heterocycles. The SMILES string of the molecule is S=c1[nH]nc(Cc2ccc(Cl)c(Cl)c2)n1C1CC1. The molecular formula is C12H11Cl2N3S. The summed E-state index contributed by atoms with van der Waals surface area (Å²) in [5.41, 5.74) is 1.08. The molecule has 2 aromatic rings. The Kier molecular flexibility index (Phi) is 3.18. The first-order valence-corrected chi connectivity index (χ1v) is 6.91. The summed E-state index contributed by atoms with van der Waals surface area (Å²) in [6.07, 6.45) is 3.07. The fourth-order valence-electron chi connectivity index (χ4n) is 2.00. The van der Waals surface area contributed by atoms with Gasteiger partial charge >= 0.3 is 0 Å². The van der Waals surface area contributed by atoms with Gasteiger partial charge in [-0.25, -0.2) is 0 Å². The molecule has 1 N–H and O–H groups in total. The van der Waals surface area contributed by atoms with E-state index in [2.05, 4.69) is 14.8 Å². The van der Waals surface area contributed by atoms with Crippen LogP contribution in [0.15, 0.2) is 18.2 Å². The molecule has 1 aromatic heterocycles. The van der Waals surface area contributed by atoms with Crippen LogP contribution in [0, 0.1) is 4.77 Å². The maximum atomic E-state index is 6.01. The molecule has 1 aliphatic rings. The fraction of sp³-hybridized carbons (Fsp3) is 0.333. The van der Waals surface area contributed by atoms with E-state index in [9.17, 15) is 0 Å². The first-order chi connectivity index (χ1) is 8.65. The van der Waals surface area contributed by atoms with Crippen LogP contribution >= 0.6 is 35.4 Å². The Labute approximate surface area is 120 Å². The van der Waals surface area contributed by atoms with Gasteiger partial charge in [-0.05, 0) is 42.8 Å². The molecule has 0 aliphatic heterocycles. The average Bonchev–Trinajstić information content (AvgIpc) is 3.10. The molecule has 0 unspecified atom stereocenters. The molecule has 18 heavy (non-hydrogen) atoms. The van der Waals surface area contributed by atoms with Gasteiger partial charge in [-0.1, -0.05) is 29.3 Å². The van der Waals surface area contributed by atoms with Crippen molar-refractivity contribution in [3.8, 4) is 0 Å². The van der Waals surface area contributed by atoms with Gasteiger partial charge in [0.2, 0.25) is 0 Å². The summed E-state index contributed by atoms with van der Waals surface area (Å²) >= 11 is 17.2. The Balaban J connectivity index is 1.92. The summed E-state index contributed by atoms with van der Waals surface area (Å²) in [6, 6.07) is 6.17. The van der Waals surface area contributed by atoms with Crippen molar-refractivity contribution in [1.29, 1.82) is 0 Å². The van der Waals surface area contributed by atoms with E-state index in [1.807, 2.05) is 18.2 Å². The van der Waals surface area contributed by atoms with Crippen molar-refractivity contribution in [3.05, 3.63) is 44.4 Å². The van der Waals surface area contributed by atoms with E-state index in [-0.39, 0.29) is 0 Å². The molecule has 0 radical (unpaired) electrons. The third-order valence-electron chi connectivity index (χ3n) is 3.04. The summed E-state index contributed by atoms with van der Waals surface area (Å²) < 4.78 is 2.81. The van der Waals surface area contributed by atoms with E-state index in [0.717, 1.165) is 11.4 Å². The number of aromatic nitrogens is 3. The smallest absolute Gasteiger partial charge is 0.195 e. The highest BCUT2D eigenvalue weighted by Gasteiger charge is 2.27. The molecular weight excluding hydrogens is 289 g/mol. The van der Waals surface area contributed by atoms with Gasteiger partial charge in [-0.15, -0.1) is 0 Å². The van der Waals surface area contributed by atoms with Crippen molar-refractivity contribution in [2.45, 2.75) is 25.3 Å². The maximum Gasteiger partial charge on any atom is 0.195 e.